The van der Waals surface area contributed by atoms with Crippen molar-refractivity contribution in [3.05, 3.63) is 35.5 Å². The molecule has 1 unspecified atom stereocenters. The molecule has 4 rings (SSSR count). The molecule has 0 radical (unpaired) electrons. The van der Waals surface area contributed by atoms with Gasteiger partial charge in [-0.1, -0.05) is 17.3 Å². The maximum atomic E-state index is 11.8. The van der Waals surface area contributed by atoms with Gasteiger partial charge in [0.15, 0.2) is 17.3 Å². The lowest BCUT2D eigenvalue weighted by Gasteiger charge is -2.27. The highest BCUT2D eigenvalue weighted by atomic mass is 16.7. The van der Waals surface area contributed by atoms with Crippen molar-refractivity contribution in [2.75, 3.05) is 19.9 Å². The van der Waals surface area contributed by atoms with Crippen LogP contribution in [-0.2, 0) is 16.9 Å². The zero-order valence-corrected chi connectivity index (χ0v) is 14.2. The minimum absolute atomic E-state index is 0.110. The highest BCUT2D eigenvalue weighted by Gasteiger charge is 2.44. The quantitative estimate of drug-likeness (QED) is 0.895. The molecule has 0 bridgehead atoms. The molecule has 1 N–H and O–H groups in total. The van der Waals surface area contributed by atoms with Gasteiger partial charge in [-0.3, -0.25) is 9.69 Å². The predicted molar refractivity (Wildman–Crippen MR) is 87.0 cm³/mol. The number of nitrogens with zero attached hydrogens (tertiary/aromatic N) is 3. The number of fused-ring (bicyclic) bond motifs is 1. The van der Waals surface area contributed by atoms with Crippen molar-refractivity contribution in [3.8, 4) is 11.5 Å². The molecule has 2 aliphatic rings. The lowest BCUT2D eigenvalue weighted by molar-refractivity contribution is -0.121. The summed E-state index contributed by atoms with van der Waals surface area (Å²) >= 11 is 0. The molecular weight excluding hydrogens is 324 g/mol. The Kier molecular flexibility index (Phi) is 3.84. The standard InChI is InChI=1S/C17H20N4O4/c1-11(22)19-17(16-18-12(2)25-20-16)6-7-21(9-17)8-13-4-3-5-14-15(13)24-10-23-14/h3-5H,6-10H2,1-2H3,(H,19,22). The number of ether oxygens (including phenoxy) is 2. The van der Waals surface area contributed by atoms with Crippen LogP contribution in [0.5, 0.6) is 11.5 Å². The van der Waals surface area contributed by atoms with E-state index in [2.05, 4.69) is 20.4 Å². The maximum Gasteiger partial charge on any atom is 0.231 e. The molecule has 1 aromatic carbocycles. The highest BCUT2D eigenvalue weighted by molar-refractivity contribution is 5.74. The van der Waals surface area contributed by atoms with Crippen molar-refractivity contribution >= 4 is 5.91 Å². The van der Waals surface area contributed by atoms with Gasteiger partial charge in [0.25, 0.3) is 0 Å². The Balaban J connectivity index is 1.56. The number of likely N-dealkylation sites (tertiary alicyclic amines) is 1. The van der Waals surface area contributed by atoms with E-state index in [4.69, 9.17) is 14.0 Å². The molecule has 25 heavy (non-hydrogen) atoms. The van der Waals surface area contributed by atoms with E-state index in [0.29, 0.717) is 24.8 Å². The third kappa shape index (κ3) is 2.93. The summed E-state index contributed by atoms with van der Waals surface area (Å²) in [5.41, 5.74) is 0.441. The fourth-order valence-electron chi connectivity index (χ4n) is 3.55. The van der Waals surface area contributed by atoms with Crippen LogP contribution in [-0.4, -0.2) is 40.8 Å². The van der Waals surface area contributed by atoms with Crippen molar-refractivity contribution in [1.29, 1.82) is 0 Å². The van der Waals surface area contributed by atoms with Gasteiger partial charge in [0.05, 0.1) is 0 Å². The molecular formula is C17H20N4O4. The van der Waals surface area contributed by atoms with E-state index >= 15 is 0 Å². The van der Waals surface area contributed by atoms with E-state index in [1.165, 1.54) is 6.92 Å². The SMILES string of the molecule is CC(=O)NC1(c2noc(C)n2)CCN(Cc2cccc3c2OCO3)C1. The van der Waals surface area contributed by atoms with E-state index in [1.807, 2.05) is 18.2 Å². The van der Waals surface area contributed by atoms with Crippen molar-refractivity contribution in [1.82, 2.24) is 20.4 Å². The Bertz CT molecular complexity index is 806. The third-order valence-electron chi connectivity index (χ3n) is 4.59. The van der Waals surface area contributed by atoms with E-state index in [-0.39, 0.29) is 12.7 Å². The number of nitrogens with one attached hydrogen (secondary N) is 1. The molecule has 8 nitrogen and oxygen atoms in total. The minimum Gasteiger partial charge on any atom is -0.454 e. The molecule has 132 valence electrons. The maximum absolute atomic E-state index is 11.8. The van der Waals surface area contributed by atoms with E-state index in [9.17, 15) is 4.79 Å². The zero-order chi connectivity index (χ0) is 17.4. The van der Waals surface area contributed by atoms with Crippen molar-refractivity contribution in [2.45, 2.75) is 32.4 Å². The zero-order valence-electron chi connectivity index (χ0n) is 14.2. The van der Waals surface area contributed by atoms with Crippen LogP contribution in [0.2, 0.25) is 0 Å². The summed E-state index contributed by atoms with van der Waals surface area (Å²) in [6.07, 6.45) is 0.720. The van der Waals surface area contributed by atoms with Crippen LogP contribution in [0.3, 0.4) is 0 Å². The van der Waals surface area contributed by atoms with Crippen LogP contribution in [0.25, 0.3) is 0 Å². The van der Waals surface area contributed by atoms with Crippen LogP contribution < -0.4 is 14.8 Å². The van der Waals surface area contributed by atoms with E-state index < -0.39 is 5.54 Å². The average molecular weight is 344 g/mol. The number of aryl methyl sites for hydroxylation is 1. The molecule has 3 heterocycles. The van der Waals surface area contributed by atoms with Crippen molar-refractivity contribution in [2.24, 2.45) is 0 Å². The van der Waals surface area contributed by atoms with Gasteiger partial charge in [-0.15, -0.1) is 0 Å². The Morgan fingerprint density at radius 1 is 1.40 bits per heavy atom. The largest absolute Gasteiger partial charge is 0.454 e. The predicted octanol–water partition coefficient (Wildman–Crippen LogP) is 1.34. The molecule has 2 aliphatic heterocycles. The van der Waals surface area contributed by atoms with Crippen LogP contribution in [0.4, 0.5) is 0 Å². The van der Waals surface area contributed by atoms with Gasteiger partial charge in [-0.2, -0.15) is 4.98 Å². The first-order valence-electron chi connectivity index (χ1n) is 8.25. The number of carbonyl (C=O) groups excluding carboxylic acids is 1. The number of benzene rings is 1. The fraction of sp³-hybridized carbons (Fsp3) is 0.471. The van der Waals surface area contributed by atoms with Gasteiger partial charge < -0.3 is 19.3 Å². The molecule has 8 heteroatoms. The topological polar surface area (TPSA) is 89.7 Å². The number of para-hydroxylation sites is 1. The van der Waals surface area contributed by atoms with Crippen LogP contribution in [0, 0.1) is 6.92 Å². The second-order valence-corrected chi connectivity index (χ2v) is 6.51. The summed E-state index contributed by atoms with van der Waals surface area (Å²) in [6.45, 7) is 5.62. The van der Waals surface area contributed by atoms with Gasteiger partial charge in [0.1, 0.15) is 5.54 Å². The molecule has 1 atom stereocenters. The summed E-state index contributed by atoms with van der Waals surface area (Å²) < 4.78 is 16.2. The minimum atomic E-state index is -0.626. The lowest BCUT2D eigenvalue weighted by atomic mass is 9.97. The molecule has 0 aliphatic carbocycles. The molecule has 1 fully saturated rings. The summed E-state index contributed by atoms with van der Waals surface area (Å²) in [6, 6.07) is 5.90. The third-order valence-corrected chi connectivity index (χ3v) is 4.59. The highest BCUT2D eigenvalue weighted by Crippen LogP contribution is 2.38. The number of hydrogen-bond donors (Lipinski definition) is 1. The average Bonchev–Trinajstić information content (AvgIpc) is 3.27. The Morgan fingerprint density at radius 3 is 3.04 bits per heavy atom. The summed E-state index contributed by atoms with van der Waals surface area (Å²) in [4.78, 5) is 18.4. The van der Waals surface area contributed by atoms with E-state index in [1.54, 1.807) is 6.92 Å². The van der Waals surface area contributed by atoms with Crippen LogP contribution in [0.1, 0.15) is 30.6 Å². The Morgan fingerprint density at radius 2 is 2.28 bits per heavy atom. The van der Waals surface area contributed by atoms with Crippen LogP contribution in [0.15, 0.2) is 22.7 Å². The number of rotatable bonds is 4. The smallest absolute Gasteiger partial charge is 0.231 e. The van der Waals surface area contributed by atoms with Crippen molar-refractivity contribution < 1.29 is 18.8 Å². The van der Waals surface area contributed by atoms with Gasteiger partial charge in [0, 0.05) is 39.0 Å². The van der Waals surface area contributed by atoms with Gasteiger partial charge >= 0.3 is 0 Å². The molecule has 1 aromatic heterocycles. The second-order valence-electron chi connectivity index (χ2n) is 6.51. The number of amides is 1. The fourth-order valence-corrected chi connectivity index (χ4v) is 3.55. The van der Waals surface area contributed by atoms with Gasteiger partial charge in [-0.25, -0.2) is 0 Å². The lowest BCUT2D eigenvalue weighted by Crippen LogP contribution is -2.47. The Hall–Kier alpha value is -2.61. The first-order valence-corrected chi connectivity index (χ1v) is 8.25. The Labute approximate surface area is 145 Å². The summed E-state index contributed by atoms with van der Waals surface area (Å²) in [7, 11) is 0. The molecule has 1 saturated heterocycles. The second kappa shape index (κ2) is 6.03. The molecule has 0 spiro atoms. The number of carbonyl (C=O) groups is 1. The normalized spacial score (nSPS) is 22.3. The molecule has 2 aromatic rings. The van der Waals surface area contributed by atoms with Crippen molar-refractivity contribution in [3.63, 3.8) is 0 Å². The van der Waals surface area contributed by atoms with Crippen LogP contribution >= 0.6 is 0 Å². The first-order chi connectivity index (χ1) is 12.1. The summed E-state index contributed by atoms with van der Waals surface area (Å²) in [5.74, 6) is 2.49. The molecule has 0 saturated carbocycles. The number of hydrogen-bond acceptors (Lipinski definition) is 7. The first kappa shape index (κ1) is 15.9. The monoisotopic (exact) mass is 344 g/mol. The molecule has 1 amide bonds. The van der Waals surface area contributed by atoms with E-state index in [0.717, 1.165) is 30.0 Å². The van der Waals surface area contributed by atoms with Gasteiger partial charge in [0.2, 0.25) is 18.6 Å². The van der Waals surface area contributed by atoms with Gasteiger partial charge in [-0.05, 0) is 12.5 Å². The number of aromatic nitrogens is 2. The summed E-state index contributed by atoms with van der Waals surface area (Å²) in [5, 5.41) is 7.08.